The van der Waals surface area contributed by atoms with Crippen molar-refractivity contribution in [1.29, 1.82) is 0 Å². The first-order chi connectivity index (χ1) is 9.96. The van der Waals surface area contributed by atoms with Crippen LogP contribution in [-0.4, -0.2) is 38.2 Å². The summed E-state index contributed by atoms with van der Waals surface area (Å²) in [7, 11) is 2.52. The van der Waals surface area contributed by atoms with Crippen LogP contribution in [0, 0.1) is 5.92 Å². The monoisotopic (exact) mass is 298 g/mol. The van der Waals surface area contributed by atoms with Crippen LogP contribution in [0.2, 0.25) is 0 Å². The van der Waals surface area contributed by atoms with Crippen LogP contribution in [0.1, 0.15) is 39.5 Å². The number of hydrogen-bond acceptors (Lipinski definition) is 6. The van der Waals surface area contributed by atoms with Crippen molar-refractivity contribution in [2.45, 2.75) is 45.6 Å². The third-order valence-electron chi connectivity index (χ3n) is 3.57. The number of hydrogen-bond donors (Lipinski definition) is 0. The van der Waals surface area contributed by atoms with Crippen LogP contribution >= 0.6 is 0 Å². The van der Waals surface area contributed by atoms with E-state index in [1.54, 1.807) is 0 Å². The van der Waals surface area contributed by atoms with Gasteiger partial charge in [0.25, 0.3) is 0 Å². The summed E-state index contributed by atoms with van der Waals surface area (Å²) in [5.74, 6) is -1.81. The van der Waals surface area contributed by atoms with Crippen molar-refractivity contribution < 1.29 is 28.6 Å². The van der Waals surface area contributed by atoms with Crippen LogP contribution in [0.3, 0.4) is 0 Å². The molecular weight excluding hydrogens is 276 g/mol. The molecule has 1 aliphatic carbocycles. The van der Waals surface area contributed by atoms with Crippen molar-refractivity contribution >= 4 is 17.9 Å². The molecule has 0 amide bonds. The Labute approximate surface area is 124 Å². The van der Waals surface area contributed by atoms with E-state index in [1.165, 1.54) is 21.1 Å². The molecule has 0 saturated carbocycles. The molecule has 21 heavy (non-hydrogen) atoms. The van der Waals surface area contributed by atoms with E-state index in [-0.39, 0.29) is 11.5 Å². The fourth-order valence-electron chi connectivity index (χ4n) is 2.50. The lowest BCUT2D eigenvalue weighted by molar-refractivity contribution is -0.152. The number of esters is 3. The Morgan fingerprint density at radius 1 is 1.19 bits per heavy atom. The number of ether oxygens (including phenoxy) is 3. The van der Waals surface area contributed by atoms with Crippen molar-refractivity contribution in [3.63, 3.8) is 0 Å². The van der Waals surface area contributed by atoms with E-state index in [9.17, 15) is 14.4 Å². The number of rotatable bonds is 7. The highest BCUT2D eigenvalue weighted by Gasteiger charge is 2.44. The molecule has 0 fully saturated rings. The van der Waals surface area contributed by atoms with Gasteiger partial charge in [0.15, 0.2) is 0 Å². The Morgan fingerprint density at radius 2 is 1.81 bits per heavy atom. The highest BCUT2D eigenvalue weighted by atomic mass is 16.5. The highest BCUT2D eigenvalue weighted by Crippen LogP contribution is 2.41. The van der Waals surface area contributed by atoms with Gasteiger partial charge >= 0.3 is 17.9 Å². The van der Waals surface area contributed by atoms with Gasteiger partial charge in [-0.3, -0.25) is 4.79 Å². The summed E-state index contributed by atoms with van der Waals surface area (Å²) in [6.45, 7) is 3.36. The van der Waals surface area contributed by atoms with Gasteiger partial charge in [0.1, 0.15) is 6.10 Å². The smallest absolute Gasteiger partial charge is 0.334 e. The maximum Gasteiger partial charge on any atom is 0.334 e. The van der Waals surface area contributed by atoms with Crippen molar-refractivity contribution in [3.8, 4) is 0 Å². The van der Waals surface area contributed by atoms with Gasteiger partial charge in [0.05, 0.1) is 19.8 Å². The summed E-state index contributed by atoms with van der Waals surface area (Å²) in [5.41, 5.74) is 0.578. The predicted molar refractivity (Wildman–Crippen MR) is 74.2 cm³/mol. The highest BCUT2D eigenvalue weighted by molar-refractivity contribution is 6.03. The lowest BCUT2D eigenvalue weighted by atomic mass is 9.73. The summed E-state index contributed by atoms with van der Waals surface area (Å²) in [4.78, 5) is 34.7. The lowest BCUT2D eigenvalue weighted by Gasteiger charge is -2.35. The number of carbonyl (C=O) groups is 3. The molecule has 6 nitrogen and oxygen atoms in total. The van der Waals surface area contributed by atoms with Gasteiger partial charge in [-0.15, -0.1) is 0 Å². The molecule has 0 aromatic heterocycles. The molecule has 1 aliphatic rings. The van der Waals surface area contributed by atoms with Crippen molar-refractivity contribution in [1.82, 2.24) is 0 Å². The molecule has 2 unspecified atom stereocenters. The fraction of sp³-hybridized carbons (Fsp3) is 0.667. The van der Waals surface area contributed by atoms with Gasteiger partial charge in [-0.05, 0) is 12.8 Å². The van der Waals surface area contributed by atoms with Crippen LogP contribution in [0.15, 0.2) is 11.1 Å². The maximum atomic E-state index is 11.9. The third-order valence-corrected chi connectivity index (χ3v) is 3.57. The van der Waals surface area contributed by atoms with E-state index in [4.69, 9.17) is 9.47 Å². The second-order valence-corrected chi connectivity index (χ2v) is 4.98. The first-order valence-corrected chi connectivity index (χ1v) is 7.03. The molecule has 2 atom stereocenters. The zero-order chi connectivity index (χ0) is 16.0. The molecule has 0 aromatic carbocycles. The van der Waals surface area contributed by atoms with Crippen molar-refractivity contribution in [3.05, 3.63) is 11.1 Å². The molecule has 0 N–H and O–H groups in total. The average molecular weight is 298 g/mol. The Hall–Kier alpha value is -1.85. The van der Waals surface area contributed by atoms with Gasteiger partial charge in [-0.1, -0.05) is 19.8 Å². The largest absolute Gasteiger partial charge is 0.466 e. The Balaban J connectivity index is 2.98. The van der Waals surface area contributed by atoms with Gasteiger partial charge < -0.3 is 14.2 Å². The molecule has 0 saturated heterocycles. The summed E-state index contributed by atoms with van der Waals surface area (Å²) >= 11 is 0. The van der Waals surface area contributed by atoms with Crippen LogP contribution in [0.4, 0.5) is 0 Å². The SMILES string of the molecule is CCCCC(OC(C)=O)C1CC(C(=O)OC)=C1C(=O)OC. The molecule has 1 rings (SSSR count). The molecule has 0 aliphatic heterocycles. The van der Waals surface area contributed by atoms with Gasteiger partial charge in [0.2, 0.25) is 0 Å². The Bertz CT molecular complexity index is 451. The van der Waals surface area contributed by atoms with E-state index in [1.807, 2.05) is 6.92 Å². The minimum atomic E-state index is -0.569. The summed E-state index contributed by atoms with van der Waals surface area (Å²) in [6, 6.07) is 0. The first kappa shape index (κ1) is 17.2. The zero-order valence-electron chi connectivity index (χ0n) is 12.9. The summed E-state index contributed by atoms with van der Waals surface area (Å²) in [5, 5.41) is 0. The van der Waals surface area contributed by atoms with E-state index >= 15 is 0 Å². The molecule has 0 spiro atoms. The zero-order valence-corrected chi connectivity index (χ0v) is 12.9. The van der Waals surface area contributed by atoms with Gasteiger partial charge in [-0.2, -0.15) is 0 Å². The Morgan fingerprint density at radius 3 is 2.29 bits per heavy atom. The summed E-state index contributed by atoms with van der Waals surface area (Å²) < 4.78 is 14.7. The molecular formula is C15H22O6. The van der Waals surface area contributed by atoms with E-state index < -0.39 is 24.0 Å². The number of unbranched alkanes of at least 4 members (excludes halogenated alkanes) is 1. The lowest BCUT2D eigenvalue weighted by Crippen LogP contribution is -2.39. The standard InChI is InChI=1S/C15H22O6/c1-5-6-7-12(21-9(2)16)10-8-11(14(17)19-3)13(10)15(18)20-4/h10,12H,5-8H2,1-4H3. The average Bonchev–Trinajstić information content (AvgIpc) is 2.42. The van der Waals surface area contributed by atoms with Crippen molar-refractivity contribution in [2.24, 2.45) is 5.92 Å². The van der Waals surface area contributed by atoms with E-state index in [2.05, 4.69) is 4.74 Å². The van der Waals surface area contributed by atoms with Crippen LogP contribution in [0.5, 0.6) is 0 Å². The fourth-order valence-corrected chi connectivity index (χ4v) is 2.50. The van der Waals surface area contributed by atoms with Crippen LogP contribution in [-0.2, 0) is 28.6 Å². The summed E-state index contributed by atoms with van der Waals surface area (Å²) in [6.07, 6.45) is 2.42. The second kappa shape index (κ2) is 7.81. The minimum Gasteiger partial charge on any atom is -0.466 e. The predicted octanol–water partition coefficient (Wildman–Crippen LogP) is 1.77. The quantitative estimate of drug-likeness (QED) is 0.526. The third kappa shape index (κ3) is 4.06. The van der Waals surface area contributed by atoms with E-state index in [0.29, 0.717) is 18.4 Å². The normalized spacial score (nSPS) is 18.6. The van der Waals surface area contributed by atoms with Crippen LogP contribution < -0.4 is 0 Å². The first-order valence-electron chi connectivity index (χ1n) is 7.03. The maximum absolute atomic E-state index is 11.9. The van der Waals surface area contributed by atoms with Crippen LogP contribution in [0.25, 0.3) is 0 Å². The van der Waals surface area contributed by atoms with Gasteiger partial charge in [-0.25, -0.2) is 9.59 Å². The molecule has 0 aromatic rings. The molecule has 118 valence electrons. The Kier molecular flexibility index (Phi) is 6.39. The molecule has 6 heteroatoms. The topological polar surface area (TPSA) is 78.9 Å². The number of methoxy groups -OCH3 is 2. The molecule has 0 heterocycles. The minimum absolute atomic E-state index is 0.270. The number of carbonyl (C=O) groups excluding carboxylic acids is 3. The molecule has 0 bridgehead atoms. The molecule has 0 radical (unpaired) electrons. The second-order valence-electron chi connectivity index (χ2n) is 4.98. The van der Waals surface area contributed by atoms with Crippen molar-refractivity contribution in [2.75, 3.05) is 14.2 Å². The van der Waals surface area contributed by atoms with Gasteiger partial charge in [0, 0.05) is 18.4 Å². The van der Waals surface area contributed by atoms with E-state index in [0.717, 1.165) is 12.8 Å².